The molecular formula is C19H22N6O3. The summed E-state index contributed by atoms with van der Waals surface area (Å²) in [5, 5.41) is 11.1. The number of hydrogen-bond acceptors (Lipinski definition) is 6. The average molecular weight is 382 g/mol. The molecule has 1 unspecified atom stereocenters. The second-order valence-corrected chi connectivity index (χ2v) is 6.50. The number of nitrogens with one attached hydrogen (secondary N) is 1. The van der Waals surface area contributed by atoms with E-state index in [-0.39, 0.29) is 0 Å². The third kappa shape index (κ3) is 4.25. The molecule has 2 heterocycles. The van der Waals surface area contributed by atoms with E-state index in [2.05, 4.69) is 20.5 Å². The van der Waals surface area contributed by atoms with Crippen LogP contribution in [0.3, 0.4) is 0 Å². The van der Waals surface area contributed by atoms with Gasteiger partial charge in [-0.15, -0.1) is 0 Å². The van der Waals surface area contributed by atoms with Crippen LogP contribution < -0.4 is 5.32 Å². The number of rotatable bonds is 6. The molecule has 0 fully saturated rings. The molecule has 0 aliphatic carbocycles. The number of anilines is 1. The number of amides is 1. The Hall–Kier alpha value is -3.49. The van der Waals surface area contributed by atoms with E-state index in [4.69, 9.17) is 4.74 Å². The molecule has 0 bridgehead atoms. The molecule has 3 rings (SSSR count). The number of carbonyl (C=O) groups excluding carboxylic acids is 2. The Balaban J connectivity index is 1.59. The van der Waals surface area contributed by atoms with Crippen molar-refractivity contribution in [2.45, 2.75) is 33.4 Å². The van der Waals surface area contributed by atoms with Gasteiger partial charge in [-0.2, -0.15) is 10.2 Å². The van der Waals surface area contributed by atoms with E-state index in [9.17, 15) is 9.59 Å². The fraction of sp³-hybridized carbons (Fsp3) is 0.316. The molecule has 0 aliphatic heterocycles. The standard InChI is InChI=1S/C19H22N6O3/c1-12-17(13(2)24(4)23-12)22-18(26)14(3)28-19(27)16-7-5-15(6-8-16)9-25-11-20-10-21-25/h5-8,10-11,14H,9H2,1-4H3,(H,22,26). The Bertz CT molecular complexity index is 976. The summed E-state index contributed by atoms with van der Waals surface area (Å²) >= 11 is 0. The van der Waals surface area contributed by atoms with Crippen LogP contribution in [0.25, 0.3) is 0 Å². The molecule has 1 atom stereocenters. The van der Waals surface area contributed by atoms with Gasteiger partial charge in [0.05, 0.1) is 29.2 Å². The zero-order valence-corrected chi connectivity index (χ0v) is 16.2. The Morgan fingerprint density at radius 1 is 1.21 bits per heavy atom. The number of esters is 1. The fourth-order valence-electron chi connectivity index (χ4n) is 2.71. The van der Waals surface area contributed by atoms with E-state index in [0.717, 1.165) is 11.3 Å². The third-order valence-electron chi connectivity index (χ3n) is 4.41. The number of ether oxygens (including phenoxy) is 1. The Morgan fingerprint density at radius 3 is 2.50 bits per heavy atom. The molecule has 0 spiro atoms. The smallest absolute Gasteiger partial charge is 0.338 e. The second-order valence-electron chi connectivity index (χ2n) is 6.50. The van der Waals surface area contributed by atoms with E-state index in [1.54, 1.807) is 41.8 Å². The summed E-state index contributed by atoms with van der Waals surface area (Å²) in [6, 6.07) is 6.94. The molecule has 0 aliphatic rings. The summed E-state index contributed by atoms with van der Waals surface area (Å²) in [5.41, 5.74) is 3.50. The number of benzene rings is 1. The molecule has 0 radical (unpaired) electrons. The van der Waals surface area contributed by atoms with Gasteiger partial charge in [-0.1, -0.05) is 12.1 Å². The van der Waals surface area contributed by atoms with Crippen molar-refractivity contribution < 1.29 is 14.3 Å². The summed E-state index contributed by atoms with van der Waals surface area (Å²) in [7, 11) is 1.80. The monoisotopic (exact) mass is 382 g/mol. The highest BCUT2D eigenvalue weighted by molar-refractivity contribution is 5.98. The van der Waals surface area contributed by atoms with Crippen molar-refractivity contribution in [3.05, 3.63) is 59.4 Å². The number of nitrogens with zero attached hydrogens (tertiary/aromatic N) is 5. The Kier molecular flexibility index (Phi) is 5.53. The van der Waals surface area contributed by atoms with Crippen LogP contribution in [-0.4, -0.2) is 42.5 Å². The molecule has 146 valence electrons. The summed E-state index contributed by atoms with van der Waals surface area (Å²) in [5.74, 6) is -0.968. The topological polar surface area (TPSA) is 104 Å². The van der Waals surface area contributed by atoms with Gasteiger partial charge in [0.25, 0.3) is 5.91 Å². The van der Waals surface area contributed by atoms with Gasteiger partial charge >= 0.3 is 5.97 Å². The van der Waals surface area contributed by atoms with Gasteiger partial charge in [0.2, 0.25) is 0 Å². The van der Waals surface area contributed by atoms with Crippen LogP contribution in [0.2, 0.25) is 0 Å². The molecule has 1 amide bonds. The van der Waals surface area contributed by atoms with Crippen molar-refractivity contribution in [2.24, 2.45) is 7.05 Å². The summed E-state index contributed by atoms with van der Waals surface area (Å²) in [6.07, 6.45) is 2.14. The first-order valence-electron chi connectivity index (χ1n) is 8.78. The van der Waals surface area contributed by atoms with Crippen molar-refractivity contribution in [3.8, 4) is 0 Å². The lowest BCUT2D eigenvalue weighted by Gasteiger charge is -2.14. The maximum absolute atomic E-state index is 12.4. The average Bonchev–Trinajstić information content (AvgIpc) is 3.26. The molecule has 28 heavy (non-hydrogen) atoms. The van der Waals surface area contributed by atoms with Crippen molar-refractivity contribution in [1.29, 1.82) is 0 Å². The van der Waals surface area contributed by atoms with Crippen molar-refractivity contribution in [2.75, 3.05) is 5.32 Å². The maximum atomic E-state index is 12.4. The van der Waals surface area contributed by atoms with Gasteiger partial charge < -0.3 is 10.1 Å². The lowest BCUT2D eigenvalue weighted by Crippen LogP contribution is -2.30. The Labute approximate surface area is 162 Å². The highest BCUT2D eigenvalue weighted by Gasteiger charge is 2.21. The minimum atomic E-state index is -0.943. The van der Waals surface area contributed by atoms with Gasteiger partial charge in [0, 0.05) is 7.05 Å². The second kappa shape index (κ2) is 8.03. The van der Waals surface area contributed by atoms with Gasteiger partial charge in [-0.05, 0) is 38.5 Å². The number of carbonyl (C=O) groups is 2. The zero-order chi connectivity index (χ0) is 20.3. The lowest BCUT2D eigenvalue weighted by molar-refractivity contribution is -0.123. The van der Waals surface area contributed by atoms with E-state index >= 15 is 0 Å². The van der Waals surface area contributed by atoms with Gasteiger partial charge in [0.1, 0.15) is 12.7 Å². The predicted octanol–water partition coefficient (Wildman–Crippen LogP) is 1.86. The molecule has 9 nitrogen and oxygen atoms in total. The highest BCUT2D eigenvalue weighted by Crippen LogP contribution is 2.19. The van der Waals surface area contributed by atoms with Crippen LogP contribution in [0.15, 0.2) is 36.9 Å². The summed E-state index contributed by atoms with van der Waals surface area (Å²) in [6.45, 7) is 5.75. The van der Waals surface area contributed by atoms with E-state index in [1.807, 2.05) is 19.1 Å². The van der Waals surface area contributed by atoms with Crippen LogP contribution in [0.1, 0.15) is 34.2 Å². The molecule has 0 saturated carbocycles. The first-order valence-corrected chi connectivity index (χ1v) is 8.78. The van der Waals surface area contributed by atoms with Crippen LogP contribution in [0.5, 0.6) is 0 Å². The molecule has 2 aromatic heterocycles. The molecule has 1 aromatic carbocycles. The number of aromatic nitrogens is 5. The minimum absolute atomic E-state index is 0.371. The van der Waals surface area contributed by atoms with Crippen LogP contribution in [0, 0.1) is 13.8 Å². The maximum Gasteiger partial charge on any atom is 0.338 e. The predicted molar refractivity (Wildman–Crippen MR) is 102 cm³/mol. The van der Waals surface area contributed by atoms with E-state index in [0.29, 0.717) is 23.5 Å². The summed E-state index contributed by atoms with van der Waals surface area (Å²) < 4.78 is 8.66. The number of hydrogen-bond donors (Lipinski definition) is 1. The zero-order valence-electron chi connectivity index (χ0n) is 16.2. The first-order chi connectivity index (χ1) is 13.3. The van der Waals surface area contributed by atoms with Crippen LogP contribution >= 0.6 is 0 Å². The van der Waals surface area contributed by atoms with Crippen LogP contribution in [-0.2, 0) is 23.1 Å². The molecule has 0 saturated heterocycles. The van der Waals surface area contributed by atoms with Gasteiger partial charge in [-0.25, -0.2) is 14.5 Å². The SMILES string of the molecule is Cc1nn(C)c(C)c1NC(=O)C(C)OC(=O)c1ccc(Cn2cncn2)cc1. The lowest BCUT2D eigenvalue weighted by atomic mass is 10.1. The number of aryl methyl sites for hydroxylation is 2. The van der Waals surface area contributed by atoms with Gasteiger partial charge in [-0.3, -0.25) is 9.48 Å². The molecule has 9 heteroatoms. The molecule has 3 aromatic rings. The van der Waals surface area contributed by atoms with E-state index in [1.165, 1.54) is 13.3 Å². The Morgan fingerprint density at radius 2 is 1.93 bits per heavy atom. The van der Waals surface area contributed by atoms with Crippen molar-refractivity contribution >= 4 is 17.6 Å². The normalized spacial score (nSPS) is 11.9. The first kappa shape index (κ1) is 19.3. The van der Waals surface area contributed by atoms with Crippen LogP contribution in [0.4, 0.5) is 5.69 Å². The highest BCUT2D eigenvalue weighted by atomic mass is 16.5. The molecule has 1 N–H and O–H groups in total. The summed E-state index contributed by atoms with van der Waals surface area (Å²) in [4.78, 5) is 28.6. The minimum Gasteiger partial charge on any atom is -0.449 e. The largest absolute Gasteiger partial charge is 0.449 e. The third-order valence-corrected chi connectivity index (χ3v) is 4.41. The molecular weight excluding hydrogens is 360 g/mol. The fourth-order valence-corrected chi connectivity index (χ4v) is 2.71. The van der Waals surface area contributed by atoms with E-state index < -0.39 is 18.0 Å². The van der Waals surface area contributed by atoms with Crippen molar-refractivity contribution in [3.63, 3.8) is 0 Å². The quantitative estimate of drug-likeness (QED) is 0.653. The van der Waals surface area contributed by atoms with Gasteiger partial charge in [0.15, 0.2) is 6.10 Å². The van der Waals surface area contributed by atoms with Crippen molar-refractivity contribution in [1.82, 2.24) is 24.5 Å².